The molecule has 94 valence electrons. The number of carbonyl (C=O) groups is 2. The maximum Gasteiger partial charge on any atom is 0.306 e. The van der Waals surface area contributed by atoms with E-state index in [1.54, 1.807) is 6.92 Å². The maximum atomic E-state index is 11.6. The fraction of sp³-hybridized carbons (Fsp3) is 0.750. The lowest BCUT2D eigenvalue weighted by Gasteiger charge is -2.31. The largest absolute Gasteiger partial charge is 0.456 e. The standard InChI is InChI=1S/C12H18N2O3/c1-2-11(16)17-8-10(15)14-12(9-13)6-4-3-5-7-12/h2-8H2,1H3,(H,14,15). The van der Waals surface area contributed by atoms with Gasteiger partial charge in [0.05, 0.1) is 6.07 Å². The monoisotopic (exact) mass is 238 g/mol. The van der Waals surface area contributed by atoms with Gasteiger partial charge in [-0.05, 0) is 12.8 Å². The fourth-order valence-electron chi connectivity index (χ4n) is 1.97. The highest BCUT2D eigenvalue weighted by Crippen LogP contribution is 2.27. The number of esters is 1. The Balaban J connectivity index is 2.43. The van der Waals surface area contributed by atoms with Crippen molar-refractivity contribution in [2.24, 2.45) is 0 Å². The molecule has 1 aliphatic rings. The van der Waals surface area contributed by atoms with Crippen molar-refractivity contribution in [3.63, 3.8) is 0 Å². The smallest absolute Gasteiger partial charge is 0.306 e. The van der Waals surface area contributed by atoms with Crippen molar-refractivity contribution in [2.45, 2.75) is 51.0 Å². The van der Waals surface area contributed by atoms with Gasteiger partial charge in [0.25, 0.3) is 5.91 Å². The van der Waals surface area contributed by atoms with Gasteiger partial charge >= 0.3 is 5.97 Å². The zero-order chi connectivity index (χ0) is 12.7. The zero-order valence-electron chi connectivity index (χ0n) is 10.1. The van der Waals surface area contributed by atoms with Crippen molar-refractivity contribution in [1.29, 1.82) is 5.26 Å². The molecule has 1 aliphatic carbocycles. The molecule has 1 saturated carbocycles. The summed E-state index contributed by atoms with van der Waals surface area (Å²) >= 11 is 0. The Morgan fingerprint density at radius 1 is 1.35 bits per heavy atom. The lowest BCUT2D eigenvalue weighted by molar-refractivity contribution is -0.148. The molecule has 17 heavy (non-hydrogen) atoms. The minimum Gasteiger partial charge on any atom is -0.456 e. The Labute approximate surface area is 101 Å². The average molecular weight is 238 g/mol. The molecular formula is C12H18N2O3. The molecule has 1 N–H and O–H groups in total. The van der Waals surface area contributed by atoms with Gasteiger partial charge < -0.3 is 10.1 Å². The Morgan fingerprint density at radius 2 is 2.00 bits per heavy atom. The van der Waals surface area contributed by atoms with E-state index in [1.165, 1.54) is 0 Å². The molecular weight excluding hydrogens is 220 g/mol. The van der Waals surface area contributed by atoms with Crippen molar-refractivity contribution in [2.75, 3.05) is 6.61 Å². The topological polar surface area (TPSA) is 79.2 Å². The number of ether oxygens (including phenoxy) is 1. The van der Waals surface area contributed by atoms with E-state index in [4.69, 9.17) is 10.00 Å². The molecule has 0 aromatic heterocycles. The van der Waals surface area contributed by atoms with Crippen molar-refractivity contribution in [1.82, 2.24) is 5.32 Å². The SMILES string of the molecule is CCC(=O)OCC(=O)NC1(C#N)CCCCC1. The highest BCUT2D eigenvalue weighted by atomic mass is 16.5. The Bertz CT molecular complexity index is 327. The molecule has 5 nitrogen and oxygen atoms in total. The molecule has 5 heteroatoms. The van der Waals surface area contributed by atoms with E-state index in [0.717, 1.165) is 19.3 Å². The van der Waals surface area contributed by atoms with E-state index in [9.17, 15) is 9.59 Å². The van der Waals surface area contributed by atoms with Crippen LogP contribution in [0.2, 0.25) is 0 Å². The third kappa shape index (κ3) is 4.06. The van der Waals surface area contributed by atoms with Crippen LogP contribution < -0.4 is 5.32 Å². The number of nitrogens with one attached hydrogen (secondary N) is 1. The molecule has 0 atom stereocenters. The zero-order valence-corrected chi connectivity index (χ0v) is 10.1. The van der Waals surface area contributed by atoms with Gasteiger partial charge in [0.15, 0.2) is 6.61 Å². The third-order valence-electron chi connectivity index (χ3n) is 2.95. The summed E-state index contributed by atoms with van der Waals surface area (Å²) in [6.07, 6.45) is 4.60. The second kappa shape index (κ2) is 6.24. The molecule has 1 amide bonds. The Kier molecular flexibility index (Phi) is 4.95. The first-order valence-corrected chi connectivity index (χ1v) is 6.00. The molecule has 0 aromatic rings. The van der Waals surface area contributed by atoms with Crippen LogP contribution in [0.3, 0.4) is 0 Å². The molecule has 0 spiro atoms. The van der Waals surface area contributed by atoms with Crippen LogP contribution in [0.25, 0.3) is 0 Å². The number of nitriles is 1. The van der Waals surface area contributed by atoms with Crippen molar-refractivity contribution in [3.05, 3.63) is 0 Å². The summed E-state index contributed by atoms with van der Waals surface area (Å²) < 4.78 is 4.72. The summed E-state index contributed by atoms with van der Waals surface area (Å²) in [4.78, 5) is 22.4. The van der Waals surface area contributed by atoms with E-state index in [-0.39, 0.29) is 13.0 Å². The minimum absolute atomic E-state index is 0.247. The summed E-state index contributed by atoms with van der Waals surface area (Å²) in [5.41, 5.74) is -0.756. The summed E-state index contributed by atoms with van der Waals surface area (Å²) in [6, 6.07) is 2.18. The Morgan fingerprint density at radius 3 is 2.53 bits per heavy atom. The van der Waals surface area contributed by atoms with E-state index in [0.29, 0.717) is 12.8 Å². The quantitative estimate of drug-likeness (QED) is 0.748. The maximum absolute atomic E-state index is 11.6. The second-order valence-corrected chi connectivity index (χ2v) is 4.32. The van der Waals surface area contributed by atoms with Gasteiger partial charge in [0.1, 0.15) is 5.54 Å². The number of carbonyl (C=O) groups excluding carboxylic acids is 2. The first kappa shape index (κ1) is 13.5. The lowest BCUT2D eigenvalue weighted by Crippen LogP contribution is -2.49. The van der Waals surface area contributed by atoms with Gasteiger partial charge in [-0.1, -0.05) is 26.2 Å². The predicted molar refractivity (Wildman–Crippen MR) is 60.8 cm³/mol. The molecule has 0 saturated heterocycles. The molecule has 1 fully saturated rings. The van der Waals surface area contributed by atoms with Gasteiger partial charge in [0.2, 0.25) is 0 Å². The number of nitrogens with zero attached hydrogens (tertiary/aromatic N) is 1. The third-order valence-corrected chi connectivity index (χ3v) is 2.95. The number of hydrogen-bond donors (Lipinski definition) is 1. The first-order valence-electron chi connectivity index (χ1n) is 6.00. The van der Waals surface area contributed by atoms with Crippen molar-refractivity contribution >= 4 is 11.9 Å². The van der Waals surface area contributed by atoms with Crippen LogP contribution in [-0.4, -0.2) is 24.0 Å². The number of amides is 1. The summed E-state index contributed by atoms with van der Waals surface area (Å²) in [5.74, 6) is -0.801. The summed E-state index contributed by atoms with van der Waals surface area (Å²) in [7, 11) is 0. The molecule has 0 aliphatic heterocycles. The van der Waals surface area contributed by atoms with Gasteiger partial charge in [-0.3, -0.25) is 9.59 Å². The van der Waals surface area contributed by atoms with Gasteiger partial charge in [-0.2, -0.15) is 5.26 Å². The van der Waals surface area contributed by atoms with Crippen LogP contribution in [0.5, 0.6) is 0 Å². The fourth-order valence-corrected chi connectivity index (χ4v) is 1.97. The Hall–Kier alpha value is -1.57. The molecule has 0 radical (unpaired) electrons. The van der Waals surface area contributed by atoms with Crippen LogP contribution >= 0.6 is 0 Å². The van der Waals surface area contributed by atoms with E-state index < -0.39 is 17.4 Å². The summed E-state index contributed by atoms with van der Waals surface area (Å²) in [6.45, 7) is 1.37. The van der Waals surface area contributed by atoms with Crippen LogP contribution in [0.4, 0.5) is 0 Å². The van der Waals surface area contributed by atoms with E-state index in [2.05, 4.69) is 11.4 Å². The first-order chi connectivity index (χ1) is 8.12. The van der Waals surface area contributed by atoms with Crippen molar-refractivity contribution in [3.8, 4) is 6.07 Å². The van der Waals surface area contributed by atoms with Crippen molar-refractivity contribution < 1.29 is 14.3 Å². The lowest BCUT2D eigenvalue weighted by atomic mass is 9.83. The predicted octanol–water partition coefficient (Wildman–Crippen LogP) is 1.28. The van der Waals surface area contributed by atoms with Gasteiger partial charge in [-0.15, -0.1) is 0 Å². The van der Waals surface area contributed by atoms with E-state index in [1.807, 2.05) is 0 Å². The number of hydrogen-bond acceptors (Lipinski definition) is 4. The van der Waals surface area contributed by atoms with Gasteiger partial charge in [0, 0.05) is 6.42 Å². The highest BCUT2D eigenvalue weighted by Gasteiger charge is 2.33. The van der Waals surface area contributed by atoms with E-state index >= 15 is 0 Å². The number of rotatable bonds is 4. The minimum atomic E-state index is -0.756. The molecule has 0 heterocycles. The van der Waals surface area contributed by atoms with Crippen LogP contribution in [-0.2, 0) is 14.3 Å². The molecule has 0 unspecified atom stereocenters. The molecule has 0 bridgehead atoms. The van der Waals surface area contributed by atoms with Gasteiger partial charge in [-0.25, -0.2) is 0 Å². The van der Waals surface area contributed by atoms with Crippen LogP contribution in [0.15, 0.2) is 0 Å². The average Bonchev–Trinajstić information content (AvgIpc) is 2.37. The molecule has 0 aromatic carbocycles. The van der Waals surface area contributed by atoms with Crippen LogP contribution in [0.1, 0.15) is 45.4 Å². The molecule has 1 rings (SSSR count). The normalized spacial score (nSPS) is 17.9. The second-order valence-electron chi connectivity index (χ2n) is 4.32. The highest BCUT2D eigenvalue weighted by molar-refractivity contribution is 5.81. The van der Waals surface area contributed by atoms with Crippen LogP contribution in [0, 0.1) is 11.3 Å². The summed E-state index contributed by atoms with van der Waals surface area (Å²) in [5, 5.41) is 11.8.